The van der Waals surface area contributed by atoms with E-state index in [4.69, 9.17) is 0 Å². The lowest BCUT2D eigenvalue weighted by molar-refractivity contribution is -0.129. The van der Waals surface area contributed by atoms with Crippen LogP contribution in [0.4, 0.5) is 0 Å². The molecule has 0 spiro atoms. The highest BCUT2D eigenvalue weighted by Gasteiger charge is 2.33. The average Bonchev–Trinajstić information content (AvgIpc) is 2.71. The normalized spacial score (nSPS) is 29.5. The molecule has 0 saturated carbocycles. The number of likely N-dealkylation sites (tertiary alicyclic amines) is 2. The van der Waals surface area contributed by atoms with E-state index in [1.165, 1.54) is 6.42 Å². The van der Waals surface area contributed by atoms with Crippen LogP contribution in [0.15, 0.2) is 0 Å². The van der Waals surface area contributed by atoms with Gasteiger partial charge in [-0.15, -0.1) is 0 Å². The first kappa shape index (κ1) is 9.97. The van der Waals surface area contributed by atoms with E-state index in [0.717, 1.165) is 32.5 Å². The summed E-state index contributed by atoms with van der Waals surface area (Å²) in [5.41, 5.74) is 0. The number of rotatable bonds is 2. The summed E-state index contributed by atoms with van der Waals surface area (Å²) in [7, 11) is 0. The molecule has 1 amide bonds. The van der Waals surface area contributed by atoms with Crippen LogP contribution < -0.4 is 0 Å². The number of carbonyl (C=O) groups excluding carboxylic acids is 1. The van der Waals surface area contributed by atoms with Gasteiger partial charge in [0.2, 0.25) is 5.91 Å². The molecule has 2 heterocycles. The van der Waals surface area contributed by atoms with Gasteiger partial charge in [-0.05, 0) is 26.7 Å². The topological polar surface area (TPSA) is 23.6 Å². The number of nitrogens with zero attached hydrogens (tertiary/aromatic N) is 2. The highest BCUT2D eigenvalue weighted by Crippen LogP contribution is 2.22. The van der Waals surface area contributed by atoms with E-state index in [1.807, 2.05) is 0 Å². The Morgan fingerprint density at radius 1 is 1.36 bits per heavy atom. The van der Waals surface area contributed by atoms with Gasteiger partial charge in [-0.1, -0.05) is 0 Å². The molecule has 2 fully saturated rings. The fraction of sp³-hybridized carbons (Fsp3) is 0.909. The molecule has 80 valence electrons. The van der Waals surface area contributed by atoms with Crippen molar-refractivity contribution in [3.8, 4) is 0 Å². The van der Waals surface area contributed by atoms with Gasteiger partial charge in [0.05, 0.1) is 0 Å². The fourth-order valence-corrected chi connectivity index (χ4v) is 2.55. The van der Waals surface area contributed by atoms with Crippen LogP contribution in [0.2, 0.25) is 0 Å². The lowest BCUT2D eigenvalue weighted by atomic mass is 10.2. The molecule has 2 saturated heterocycles. The van der Waals surface area contributed by atoms with Crippen LogP contribution in [0.25, 0.3) is 0 Å². The third-order valence-corrected chi connectivity index (χ3v) is 3.48. The zero-order chi connectivity index (χ0) is 10.1. The largest absolute Gasteiger partial charge is 0.338 e. The van der Waals surface area contributed by atoms with Crippen LogP contribution in [0.3, 0.4) is 0 Å². The number of hydrogen-bond donors (Lipinski definition) is 0. The molecule has 0 bridgehead atoms. The molecule has 0 radical (unpaired) electrons. The van der Waals surface area contributed by atoms with E-state index in [1.54, 1.807) is 0 Å². The van der Waals surface area contributed by atoms with Crippen molar-refractivity contribution in [1.82, 2.24) is 9.80 Å². The highest BCUT2D eigenvalue weighted by molar-refractivity contribution is 5.78. The van der Waals surface area contributed by atoms with Gasteiger partial charge < -0.3 is 4.90 Å². The third-order valence-electron chi connectivity index (χ3n) is 3.48. The van der Waals surface area contributed by atoms with Crippen molar-refractivity contribution in [3.63, 3.8) is 0 Å². The smallest absolute Gasteiger partial charge is 0.222 e. The quantitative estimate of drug-likeness (QED) is 0.660. The maximum atomic E-state index is 11.5. The van der Waals surface area contributed by atoms with E-state index < -0.39 is 0 Å². The maximum Gasteiger partial charge on any atom is 0.222 e. The molecule has 3 nitrogen and oxygen atoms in total. The molecule has 0 aromatic carbocycles. The van der Waals surface area contributed by atoms with Crippen molar-refractivity contribution < 1.29 is 4.79 Å². The first-order valence-electron chi connectivity index (χ1n) is 5.72. The number of carbonyl (C=O) groups is 1. The lowest BCUT2D eigenvalue weighted by Gasteiger charge is -2.25. The van der Waals surface area contributed by atoms with E-state index in [2.05, 4.69) is 23.6 Å². The van der Waals surface area contributed by atoms with E-state index in [0.29, 0.717) is 18.0 Å². The number of hydrogen-bond acceptors (Lipinski definition) is 2. The molecule has 0 aliphatic carbocycles. The second-order valence-corrected chi connectivity index (χ2v) is 4.72. The minimum Gasteiger partial charge on any atom is -0.338 e. The number of amides is 1. The minimum atomic E-state index is 0.376. The van der Waals surface area contributed by atoms with Crippen molar-refractivity contribution in [2.45, 2.75) is 45.2 Å². The van der Waals surface area contributed by atoms with Crippen LogP contribution in [-0.2, 0) is 4.79 Å². The van der Waals surface area contributed by atoms with Crippen molar-refractivity contribution in [3.05, 3.63) is 0 Å². The Balaban J connectivity index is 1.92. The predicted octanol–water partition coefficient (Wildman–Crippen LogP) is 1.09. The zero-order valence-corrected chi connectivity index (χ0v) is 9.20. The van der Waals surface area contributed by atoms with Crippen LogP contribution in [0, 0.1) is 0 Å². The van der Waals surface area contributed by atoms with Gasteiger partial charge in [0, 0.05) is 38.1 Å². The summed E-state index contributed by atoms with van der Waals surface area (Å²) in [4.78, 5) is 16.1. The van der Waals surface area contributed by atoms with Gasteiger partial charge in [-0.3, -0.25) is 9.69 Å². The zero-order valence-electron chi connectivity index (χ0n) is 9.20. The van der Waals surface area contributed by atoms with Crippen molar-refractivity contribution in [1.29, 1.82) is 0 Å². The first-order chi connectivity index (χ1) is 6.68. The minimum absolute atomic E-state index is 0.376. The Labute approximate surface area is 86.1 Å². The molecular formula is C11H20N2O. The van der Waals surface area contributed by atoms with Crippen LogP contribution >= 0.6 is 0 Å². The monoisotopic (exact) mass is 196 g/mol. The van der Waals surface area contributed by atoms with Gasteiger partial charge in [0.1, 0.15) is 0 Å². The molecule has 2 aliphatic heterocycles. The second kappa shape index (κ2) is 3.89. The highest BCUT2D eigenvalue weighted by atomic mass is 16.2. The standard InChI is InChI=1S/C11H20N2O/c1-9(2)12-7-5-10(8-12)13-6-3-4-11(13)14/h9-10H,3-8H2,1-2H3/t10-/m1/s1. The molecule has 0 N–H and O–H groups in total. The van der Waals surface area contributed by atoms with Gasteiger partial charge >= 0.3 is 0 Å². The third kappa shape index (κ3) is 1.78. The van der Waals surface area contributed by atoms with Gasteiger partial charge in [0.25, 0.3) is 0 Å². The van der Waals surface area contributed by atoms with Crippen LogP contribution in [0.5, 0.6) is 0 Å². The van der Waals surface area contributed by atoms with Crippen LogP contribution in [-0.4, -0.2) is 47.4 Å². The Hall–Kier alpha value is -0.570. The summed E-state index contributed by atoms with van der Waals surface area (Å²) in [6.07, 6.45) is 3.01. The van der Waals surface area contributed by atoms with Gasteiger partial charge in [0.15, 0.2) is 0 Å². The van der Waals surface area contributed by atoms with Gasteiger partial charge in [-0.2, -0.15) is 0 Å². The Morgan fingerprint density at radius 2 is 2.14 bits per heavy atom. The van der Waals surface area contributed by atoms with E-state index in [9.17, 15) is 4.79 Å². The summed E-state index contributed by atoms with van der Waals surface area (Å²) >= 11 is 0. The molecule has 3 heteroatoms. The summed E-state index contributed by atoms with van der Waals surface area (Å²) < 4.78 is 0. The SMILES string of the molecule is CC(C)N1CC[C@@H](N2CCCC2=O)C1. The maximum absolute atomic E-state index is 11.5. The Kier molecular flexibility index (Phi) is 2.77. The molecular weight excluding hydrogens is 176 g/mol. The fourth-order valence-electron chi connectivity index (χ4n) is 2.55. The second-order valence-electron chi connectivity index (χ2n) is 4.72. The Bertz CT molecular complexity index is 227. The summed E-state index contributed by atoms with van der Waals surface area (Å²) in [6.45, 7) is 7.70. The molecule has 0 aromatic heterocycles. The molecule has 1 atom stereocenters. The molecule has 14 heavy (non-hydrogen) atoms. The van der Waals surface area contributed by atoms with Crippen molar-refractivity contribution in [2.24, 2.45) is 0 Å². The first-order valence-corrected chi connectivity index (χ1v) is 5.72. The van der Waals surface area contributed by atoms with Crippen LogP contribution in [0.1, 0.15) is 33.1 Å². The average molecular weight is 196 g/mol. The van der Waals surface area contributed by atoms with E-state index in [-0.39, 0.29) is 0 Å². The summed E-state index contributed by atoms with van der Waals surface area (Å²) in [5, 5.41) is 0. The molecule has 0 aromatic rings. The Morgan fingerprint density at radius 3 is 2.64 bits per heavy atom. The molecule has 0 unspecified atom stereocenters. The molecule has 2 rings (SSSR count). The summed E-state index contributed by atoms with van der Waals surface area (Å²) in [6, 6.07) is 1.13. The molecule has 2 aliphatic rings. The predicted molar refractivity (Wildman–Crippen MR) is 56.1 cm³/mol. The van der Waals surface area contributed by atoms with Gasteiger partial charge in [-0.25, -0.2) is 0 Å². The lowest BCUT2D eigenvalue weighted by Crippen LogP contribution is -2.39. The van der Waals surface area contributed by atoms with Crippen molar-refractivity contribution in [2.75, 3.05) is 19.6 Å². The summed E-state index contributed by atoms with van der Waals surface area (Å²) in [5.74, 6) is 0.376. The van der Waals surface area contributed by atoms with Crippen molar-refractivity contribution >= 4 is 5.91 Å². The van der Waals surface area contributed by atoms with E-state index >= 15 is 0 Å².